The number of benzene rings is 1. The third-order valence-corrected chi connectivity index (χ3v) is 16.8. The molecule has 36 nitrogen and oxygen atoms in total. The van der Waals surface area contributed by atoms with Crippen LogP contribution in [0.25, 0.3) is 10.9 Å². The van der Waals surface area contributed by atoms with Gasteiger partial charge in [-0.1, -0.05) is 39.8 Å². The molecule has 508 valence electrons. The number of aliphatic imine (C=N–C) groups is 1. The number of rotatable bonds is 18. The van der Waals surface area contributed by atoms with Crippen LogP contribution in [0.4, 0.5) is 0 Å². The summed E-state index contributed by atoms with van der Waals surface area (Å²) in [6, 6.07) is -11.1. The predicted molar refractivity (Wildman–Crippen MR) is 335 cm³/mol. The Balaban J connectivity index is 1.62. The molecule has 2 saturated heterocycles. The van der Waals surface area contributed by atoms with Crippen LogP contribution < -0.4 is 86.7 Å². The first-order valence-electron chi connectivity index (χ1n) is 29.5. The van der Waals surface area contributed by atoms with Gasteiger partial charge in [-0.05, 0) is 70.5 Å². The molecule has 11 atom stereocenters. The zero-order valence-electron chi connectivity index (χ0n) is 50.8. The highest BCUT2D eigenvalue weighted by molar-refractivity contribution is 8.76. The molecule has 93 heavy (non-hydrogen) atoms. The number of nitrogens with two attached hydrogens (primary N) is 4. The van der Waals surface area contributed by atoms with Crippen LogP contribution in [0.2, 0.25) is 0 Å². The summed E-state index contributed by atoms with van der Waals surface area (Å²) in [6.45, 7) is 0.620. The normalized spacial score (nSPS) is 25.3. The number of nitrogens with zero attached hydrogens (tertiary/aromatic N) is 2. The van der Waals surface area contributed by atoms with Crippen molar-refractivity contribution < 1.29 is 77.3 Å². The van der Waals surface area contributed by atoms with Gasteiger partial charge >= 0.3 is 5.97 Å². The van der Waals surface area contributed by atoms with E-state index in [0.717, 1.165) is 21.6 Å². The number of aliphatic carboxylic acids is 1. The molecule has 2 aromatic heterocycles. The van der Waals surface area contributed by atoms with E-state index < -0.39 is 193 Å². The van der Waals surface area contributed by atoms with Crippen LogP contribution in [-0.2, 0) is 80.0 Å². The van der Waals surface area contributed by atoms with E-state index in [0.29, 0.717) is 22.9 Å². The van der Waals surface area contributed by atoms with Crippen LogP contribution in [0.3, 0.4) is 0 Å². The number of imidazole rings is 1. The molecule has 2 aliphatic rings. The van der Waals surface area contributed by atoms with Gasteiger partial charge in [-0.3, -0.25) is 72.1 Å². The monoisotopic (exact) mass is 1340 g/mol. The van der Waals surface area contributed by atoms with Gasteiger partial charge in [-0.15, -0.1) is 0 Å². The first-order valence-corrected chi connectivity index (χ1v) is 32.0. The number of nitrogens with one attached hydrogen (secondary N) is 14. The minimum Gasteiger partial charge on any atom is -0.481 e. The molecular weight excluding hydrogens is 1260 g/mol. The number of hydrogen-bond acceptors (Lipinski definition) is 20. The maximum absolute atomic E-state index is 14.6. The van der Waals surface area contributed by atoms with Gasteiger partial charge in [0.2, 0.25) is 76.8 Å². The van der Waals surface area contributed by atoms with Crippen molar-refractivity contribution in [1.82, 2.24) is 78.8 Å². The summed E-state index contributed by atoms with van der Waals surface area (Å²) in [6.07, 6.45) is 1.43. The van der Waals surface area contributed by atoms with Gasteiger partial charge in [0.05, 0.1) is 25.9 Å². The molecule has 1 aromatic carbocycles. The number of carboxylic acids is 1. The van der Waals surface area contributed by atoms with Crippen molar-refractivity contribution in [3.05, 3.63) is 54.2 Å². The predicted octanol–water partition coefficient (Wildman–Crippen LogP) is -7.51. The Hall–Kier alpha value is -9.56. The molecule has 38 heteroatoms. The highest BCUT2D eigenvalue weighted by atomic mass is 33.1. The van der Waals surface area contributed by atoms with E-state index in [1.165, 1.54) is 26.4 Å². The number of carboxylic acid groups (broad SMARTS) is 1. The zero-order valence-corrected chi connectivity index (χ0v) is 52.5. The minimum absolute atomic E-state index is 0.0455. The molecule has 2 aliphatic heterocycles. The van der Waals surface area contributed by atoms with Crippen LogP contribution in [0.5, 0.6) is 0 Å². The Kier molecular flexibility index (Phi) is 29.6. The number of aliphatic hydroxyl groups excluding tert-OH is 1. The Morgan fingerprint density at radius 1 is 0.581 bits per heavy atom. The summed E-state index contributed by atoms with van der Waals surface area (Å²) >= 11 is 0. The second-order valence-electron chi connectivity index (χ2n) is 21.7. The lowest BCUT2D eigenvalue weighted by atomic mass is 10.0. The molecule has 0 unspecified atom stereocenters. The van der Waals surface area contributed by atoms with E-state index in [9.17, 15) is 77.3 Å². The van der Waals surface area contributed by atoms with Crippen molar-refractivity contribution in [2.24, 2.45) is 27.9 Å². The van der Waals surface area contributed by atoms with Crippen molar-refractivity contribution >= 4 is 121 Å². The van der Waals surface area contributed by atoms with E-state index in [1.54, 1.807) is 30.5 Å². The van der Waals surface area contributed by atoms with Crippen molar-refractivity contribution in [3.63, 3.8) is 0 Å². The van der Waals surface area contributed by atoms with Gasteiger partial charge in [0, 0.05) is 66.3 Å². The quantitative estimate of drug-likeness (QED) is 0.0243. The van der Waals surface area contributed by atoms with Crippen LogP contribution in [-0.4, -0.2) is 218 Å². The molecule has 13 amide bonds. The Bertz CT molecular complexity index is 3200. The number of primary amides is 1. The minimum atomic E-state index is -1.90. The van der Waals surface area contributed by atoms with Gasteiger partial charge < -0.3 is 107 Å². The lowest BCUT2D eigenvalue weighted by Crippen LogP contribution is -2.61. The topological polar surface area (TPSA) is 585 Å². The van der Waals surface area contributed by atoms with Gasteiger partial charge in [-0.2, -0.15) is 0 Å². The number of aromatic amines is 2. The molecule has 0 spiro atoms. The first-order chi connectivity index (χ1) is 44.3. The molecule has 5 rings (SSSR count). The molecule has 0 radical (unpaired) electrons. The largest absolute Gasteiger partial charge is 0.481 e. The molecule has 0 aliphatic carbocycles. The van der Waals surface area contributed by atoms with Crippen molar-refractivity contribution in [3.8, 4) is 0 Å². The van der Waals surface area contributed by atoms with Gasteiger partial charge in [0.25, 0.3) is 0 Å². The zero-order chi connectivity index (χ0) is 68.3. The number of amides is 13. The van der Waals surface area contributed by atoms with Crippen molar-refractivity contribution in [2.45, 2.75) is 145 Å². The molecule has 4 heterocycles. The van der Waals surface area contributed by atoms with Crippen LogP contribution in [0, 0.1) is 0 Å². The highest BCUT2D eigenvalue weighted by Crippen LogP contribution is 2.24. The summed E-state index contributed by atoms with van der Waals surface area (Å²) in [5.41, 5.74) is 23.8. The average Bonchev–Trinajstić information content (AvgIpc) is 1.90. The summed E-state index contributed by atoms with van der Waals surface area (Å²) in [5, 5.41) is 50.5. The average molecular weight is 1340 g/mol. The lowest BCUT2D eigenvalue weighted by molar-refractivity contribution is -0.138. The number of H-pyrrole nitrogens is 2. The summed E-state index contributed by atoms with van der Waals surface area (Å²) in [7, 11) is 1.61. The first kappa shape index (κ1) is 74.2. The highest BCUT2D eigenvalue weighted by Gasteiger charge is 2.37. The lowest BCUT2D eigenvalue weighted by Gasteiger charge is -2.27. The SMILES string of the molecule is C[C@@H]1NC(=O)[C@H](C)NC(=O)[C@H](Cc2cnc[nH]2)NC(=O)[C@H](CC(N)=O)NC(=O)[C@H](CCC(=O)O)NC(=O)[C@@H]2CSSC[C@H](NC1=O)C(=O)N[C@@H](CCCCN)C(=O)N[C@@H](CO)C(=O)N[C@@H](Cc1c[nH]c3ccccc13)C(=O)N[C@@H](CCCN=C(N)N)C(=O)NCC(=O)N2. The Morgan fingerprint density at radius 2 is 1.10 bits per heavy atom. The maximum atomic E-state index is 14.6. The molecule has 2 bridgehead atoms. The number of guanidine groups is 1. The third kappa shape index (κ3) is 24.2. The summed E-state index contributed by atoms with van der Waals surface area (Å²) in [5.74, 6) is -16.5. The number of para-hydroxylation sites is 1. The van der Waals surface area contributed by atoms with E-state index in [-0.39, 0.29) is 63.3 Å². The fourth-order valence-corrected chi connectivity index (χ4v) is 11.7. The second-order valence-corrected chi connectivity index (χ2v) is 24.3. The molecule has 3 aromatic rings. The van der Waals surface area contributed by atoms with Crippen molar-refractivity contribution in [2.75, 3.05) is 37.7 Å². The van der Waals surface area contributed by atoms with Gasteiger partial charge in [-0.25, -0.2) is 4.98 Å². The van der Waals surface area contributed by atoms with Crippen LogP contribution >= 0.6 is 21.6 Å². The Morgan fingerprint density at radius 3 is 1.71 bits per heavy atom. The Labute approximate surface area is 539 Å². The summed E-state index contributed by atoms with van der Waals surface area (Å²) in [4.78, 5) is 209. The molecule has 24 N–H and O–H groups in total. The number of carbonyl (C=O) groups is 14. The maximum Gasteiger partial charge on any atom is 0.303 e. The van der Waals surface area contributed by atoms with E-state index in [2.05, 4.69) is 83.7 Å². The number of fused-ring (bicyclic) bond motifs is 6. The van der Waals surface area contributed by atoms with Crippen LogP contribution in [0.1, 0.15) is 76.5 Å². The second kappa shape index (κ2) is 37.1. The summed E-state index contributed by atoms with van der Waals surface area (Å²) < 4.78 is 0. The number of carbonyl (C=O) groups excluding carboxylic acids is 13. The standard InChI is InChI=1S/C55H80N20O16S2/c1-26-44(81)65-27(2)45(82)75-40-24-93-92-23-39(53(90)70-34(12-13-43(79)80)48(85)73-37(18-41(57)77)51(88)72-36(49(86)66-26)17-29-20-60-25-64-29)67-42(78)21-63-46(83)32(11-7-15-61-55(58)59)68-50(87)35(16-28-19-62-31-9-4-3-8-30(28)31)71-52(89)38(22-76)74-47(84)33(69-54(40)91)10-5-6-14-56/h3-4,8-9,19-20,25-27,32-40,62,76H,5-7,10-18,21-24,56H2,1-2H3,(H2,57,77)(H,60,64)(H,63,83)(H,65,81)(H,66,86)(H,67,78)(H,68,87)(H,69,91)(H,70,90)(H,71,89)(H,72,88)(H,73,85)(H,74,84)(H,75,82)(H,79,80)(H4,58,59,61)/t26-,27-,32-,33-,34-,35-,36-,37-,38-,39-,40-/m0/s1. The van der Waals surface area contributed by atoms with Crippen LogP contribution in [0.15, 0.2) is 48.0 Å². The number of aromatic nitrogens is 3. The fourth-order valence-electron chi connectivity index (χ4n) is 9.35. The smallest absolute Gasteiger partial charge is 0.303 e. The fraction of sp³-hybridized carbons (Fsp3) is 0.527. The van der Waals surface area contributed by atoms with Crippen molar-refractivity contribution in [1.29, 1.82) is 0 Å². The van der Waals surface area contributed by atoms with E-state index in [4.69, 9.17) is 22.9 Å². The number of aliphatic hydroxyl groups is 1. The molecule has 2 fully saturated rings. The van der Waals surface area contributed by atoms with Gasteiger partial charge in [0.15, 0.2) is 5.96 Å². The number of unbranched alkanes of at least 4 members (excludes halogenated alkanes) is 1. The third-order valence-electron chi connectivity index (χ3n) is 14.4. The number of hydrogen-bond donors (Lipinski definition) is 20. The molecule has 0 saturated carbocycles. The van der Waals surface area contributed by atoms with E-state index >= 15 is 0 Å². The van der Waals surface area contributed by atoms with E-state index in [1.807, 2.05) is 0 Å². The molecular formula is C55H80N20O16S2. The van der Waals surface area contributed by atoms with Gasteiger partial charge in [0.1, 0.15) is 66.5 Å².